The number of rotatable bonds is 2. The average molecular weight is 326 g/mol. The van der Waals surface area contributed by atoms with Crippen molar-refractivity contribution >= 4 is 35.0 Å². The summed E-state index contributed by atoms with van der Waals surface area (Å²) in [5, 5.41) is 3.46. The molecule has 0 bridgehead atoms. The molecule has 2 fully saturated rings. The van der Waals surface area contributed by atoms with Crippen molar-refractivity contribution < 1.29 is 9.59 Å². The zero-order valence-electron chi connectivity index (χ0n) is 11.6. The predicted octanol–water partition coefficient (Wildman–Crippen LogP) is 3.93. The standard InChI is InChI=1S/C16H17Cl2NO2/c17-12-6-5-10(7-13(12)18)11-8-14(20)19-16(21)15(11)9-3-1-2-4-9/h5-7,9,11,15H,1-4,8H2,(H,19,20,21). The van der Waals surface area contributed by atoms with Gasteiger partial charge in [-0.15, -0.1) is 0 Å². The number of hydrogen-bond acceptors (Lipinski definition) is 2. The van der Waals surface area contributed by atoms with Crippen molar-refractivity contribution in [3.8, 4) is 0 Å². The van der Waals surface area contributed by atoms with Crippen LogP contribution in [-0.2, 0) is 9.59 Å². The van der Waals surface area contributed by atoms with E-state index < -0.39 is 0 Å². The van der Waals surface area contributed by atoms with Crippen molar-refractivity contribution in [2.45, 2.75) is 38.0 Å². The van der Waals surface area contributed by atoms with Crippen molar-refractivity contribution in [2.24, 2.45) is 11.8 Å². The fourth-order valence-electron chi connectivity index (χ4n) is 3.71. The molecule has 1 saturated carbocycles. The summed E-state index contributed by atoms with van der Waals surface area (Å²) in [4.78, 5) is 24.1. The second kappa shape index (κ2) is 5.98. The lowest BCUT2D eigenvalue weighted by molar-refractivity contribution is -0.138. The Hall–Kier alpha value is -1.06. The van der Waals surface area contributed by atoms with Crippen LogP contribution in [0.15, 0.2) is 18.2 Å². The zero-order valence-corrected chi connectivity index (χ0v) is 13.1. The number of benzene rings is 1. The fourth-order valence-corrected chi connectivity index (χ4v) is 4.02. The molecular weight excluding hydrogens is 309 g/mol. The molecule has 112 valence electrons. The maximum Gasteiger partial charge on any atom is 0.230 e. The minimum Gasteiger partial charge on any atom is -0.296 e. The van der Waals surface area contributed by atoms with Gasteiger partial charge < -0.3 is 0 Å². The Labute approximate surface area is 134 Å². The molecule has 3 rings (SSSR count). The molecule has 1 saturated heterocycles. The molecule has 2 aliphatic rings. The Morgan fingerprint density at radius 1 is 1.05 bits per heavy atom. The van der Waals surface area contributed by atoms with Crippen molar-refractivity contribution in [3.05, 3.63) is 33.8 Å². The summed E-state index contributed by atoms with van der Waals surface area (Å²) in [5.41, 5.74) is 0.935. The third-order valence-corrected chi connectivity index (χ3v) is 5.42. The molecule has 2 amide bonds. The molecule has 1 N–H and O–H groups in total. The van der Waals surface area contributed by atoms with Crippen molar-refractivity contribution in [1.82, 2.24) is 5.32 Å². The summed E-state index contributed by atoms with van der Waals surface area (Å²) in [6.45, 7) is 0. The number of amides is 2. The van der Waals surface area contributed by atoms with Gasteiger partial charge in [0, 0.05) is 18.3 Å². The van der Waals surface area contributed by atoms with E-state index in [1.165, 1.54) is 0 Å². The Bertz CT molecular complexity index is 582. The summed E-state index contributed by atoms with van der Waals surface area (Å²) in [5.74, 6) is -0.205. The zero-order chi connectivity index (χ0) is 15.0. The smallest absolute Gasteiger partial charge is 0.230 e. The second-order valence-corrected chi connectivity index (χ2v) is 6.78. The number of piperidine rings is 1. The molecule has 0 radical (unpaired) electrons. The third kappa shape index (κ3) is 2.95. The third-order valence-electron chi connectivity index (χ3n) is 4.68. The van der Waals surface area contributed by atoms with Crippen LogP contribution in [0, 0.1) is 11.8 Å². The summed E-state index contributed by atoms with van der Waals surface area (Å²) >= 11 is 12.1. The highest BCUT2D eigenvalue weighted by molar-refractivity contribution is 6.42. The molecule has 0 spiro atoms. The lowest BCUT2D eigenvalue weighted by Gasteiger charge is -2.34. The van der Waals surface area contributed by atoms with Crippen LogP contribution >= 0.6 is 23.2 Å². The number of hydrogen-bond donors (Lipinski definition) is 1. The van der Waals surface area contributed by atoms with Gasteiger partial charge in [0.25, 0.3) is 0 Å². The summed E-state index contributed by atoms with van der Waals surface area (Å²) in [7, 11) is 0. The van der Waals surface area contributed by atoms with Gasteiger partial charge in [0.1, 0.15) is 0 Å². The first-order valence-corrected chi connectivity index (χ1v) is 8.10. The van der Waals surface area contributed by atoms with Crippen LogP contribution in [0.25, 0.3) is 0 Å². The molecular formula is C16H17Cl2NO2. The van der Waals surface area contributed by atoms with Crippen molar-refractivity contribution in [3.63, 3.8) is 0 Å². The normalized spacial score (nSPS) is 27.0. The Morgan fingerprint density at radius 2 is 1.76 bits per heavy atom. The molecule has 1 aliphatic carbocycles. The molecule has 0 aromatic heterocycles. The van der Waals surface area contributed by atoms with E-state index >= 15 is 0 Å². The first kappa shape index (κ1) is 14.9. The number of carbonyl (C=O) groups is 2. The summed E-state index contributed by atoms with van der Waals surface area (Å²) in [6.07, 6.45) is 4.78. The van der Waals surface area contributed by atoms with Crippen LogP contribution in [0.5, 0.6) is 0 Å². The Morgan fingerprint density at radius 3 is 2.43 bits per heavy atom. The minimum absolute atomic E-state index is 0.0934. The highest BCUT2D eigenvalue weighted by Crippen LogP contribution is 2.43. The number of halogens is 2. The highest BCUT2D eigenvalue weighted by Gasteiger charge is 2.42. The maximum atomic E-state index is 12.3. The van der Waals surface area contributed by atoms with Crippen LogP contribution in [0.2, 0.25) is 10.0 Å². The van der Waals surface area contributed by atoms with Crippen LogP contribution in [-0.4, -0.2) is 11.8 Å². The van der Waals surface area contributed by atoms with Crippen LogP contribution in [0.4, 0.5) is 0 Å². The molecule has 3 nitrogen and oxygen atoms in total. The van der Waals surface area contributed by atoms with Gasteiger partial charge in [-0.05, 0) is 36.5 Å². The lowest BCUT2D eigenvalue weighted by atomic mass is 9.73. The Balaban J connectivity index is 1.95. The lowest BCUT2D eigenvalue weighted by Crippen LogP contribution is -2.47. The van der Waals surface area contributed by atoms with Crippen LogP contribution < -0.4 is 5.32 Å². The molecule has 1 aliphatic heterocycles. The summed E-state index contributed by atoms with van der Waals surface area (Å²) in [6, 6.07) is 5.41. The van der Waals surface area contributed by atoms with E-state index in [1.54, 1.807) is 12.1 Å². The number of nitrogens with one attached hydrogen (secondary N) is 1. The van der Waals surface area contributed by atoms with E-state index in [0.29, 0.717) is 22.4 Å². The average Bonchev–Trinajstić information content (AvgIpc) is 2.94. The molecule has 2 atom stereocenters. The van der Waals surface area contributed by atoms with E-state index in [2.05, 4.69) is 5.32 Å². The molecule has 1 aromatic carbocycles. The predicted molar refractivity (Wildman–Crippen MR) is 82.4 cm³/mol. The first-order chi connectivity index (χ1) is 10.1. The topological polar surface area (TPSA) is 46.2 Å². The number of carbonyl (C=O) groups excluding carboxylic acids is 2. The van der Waals surface area contributed by atoms with Gasteiger partial charge in [-0.25, -0.2) is 0 Å². The molecule has 5 heteroatoms. The van der Waals surface area contributed by atoms with Crippen molar-refractivity contribution in [2.75, 3.05) is 0 Å². The maximum absolute atomic E-state index is 12.3. The van der Waals surface area contributed by atoms with E-state index in [1.807, 2.05) is 6.07 Å². The van der Waals surface area contributed by atoms with Gasteiger partial charge in [0.2, 0.25) is 11.8 Å². The molecule has 1 heterocycles. The van der Waals surface area contributed by atoms with Gasteiger partial charge in [-0.1, -0.05) is 42.1 Å². The fraction of sp³-hybridized carbons (Fsp3) is 0.500. The molecule has 21 heavy (non-hydrogen) atoms. The highest BCUT2D eigenvalue weighted by atomic mass is 35.5. The monoisotopic (exact) mass is 325 g/mol. The Kier molecular flexibility index (Phi) is 4.23. The SMILES string of the molecule is O=C1CC(c2ccc(Cl)c(Cl)c2)C(C2CCCC2)C(=O)N1. The quantitative estimate of drug-likeness (QED) is 0.837. The van der Waals surface area contributed by atoms with E-state index in [-0.39, 0.29) is 23.7 Å². The van der Waals surface area contributed by atoms with Gasteiger partial charge in [-0.2, -0.15) is 0 Å². The number of imide groups is 1. The van der Waals surface area contributed by atoms with Crippen molar-refractivity contribution in [1.29, 1.82) is 0 Å². The van der Waals surface area contributed by atoms with Gasteiger partial charge in [-0.3, -0.25) is 14.9 Å². The molecule has 2 unspecified atom stereocenters. The largest absolute Gasteiger partial charge is 0.296 e. The second-order valence-electron chi connectivity index (χ2n) is 5.97. The van der Waals surface area contributed by atoms with Crippen LogP contribution in [0.3, 0.4) is 0 Å². The summed E-state index contributed by atoms with van der Waals surface area (Å²) < 4.78 is 0. The van der Waals surface area contributed by atoms with E-state index in [4.69, 9.17) is 23.2 Å². The van der Waals surface area contributed by atoms with Crippen LogP contribution in [0.1, 0.15) is 43.6 Å². The van der Waals surface area contributed by atoms with Gasteiger partial charge in [0.15, 0.2) is 0 Å². The first-order valence-electron chi connectivity index (χ1n) is 7.35. The van der Waals surface area contributed by atoms with Gasteiger partial charge >= 0.3 is 0 Å². The van der Waals surface area contributed by atoms with Gasteiger partial charge in [0.05, 0.1) is 10.0 Å². The molecule has 1 aromatic rings. The minimum atomic E-state index is -0.203. The van der Waals surface area contributed by atoms with E-state index in [0.717, 1.165) is 31.2 Å². The van der Waals surface area contributed by atoms with E-state index in [9.17, 15) is 9.59 Å².